The molecule has 1 N–H and O–H groups in total. The predicted octanol–water partition coefficient (Wildman–Crippen LogP) is 4.19. The van der Waals surface area contributed by atoms with Gasteiger partial charge in [-0.3, -0.25) is 4.79 Å². The van der Waals surface area contributed by atoms with Gasteiger partial charge in [-0.25, -0.2) is 4.98 Å². The van der Waals surface area contributed by atoms with Crippen molar-refractivity contribution in [1.82, 2.24) is 10.3 Å². The summed E-state index contributed by atoms with van der Waals surface area (Å²) in [4.78, 5) is 17.7. The fraction of sp³-hybridized carbons (Fsp3) is 0.444. The Morgan fingerprint density at radius 2 is 2.09 bits per heavy atom. The van der Waals surface area contributed by atoms with Crippen LogP contribution in [0.25, 0.3) is 10.6 Å². The van der Waals surface area contributed by atoms with Gasteiger partial charge in [-0.15, -0.1) is 23.1 Å². The van der Waals surface area contributed by atoms with Gasteiger partial charge in [0.2, 0.25) is 5.91 Å². The van der Waals surface area contributed by atoms with E-state index in [2.05, 4.69) is 43.4 Å². The van der Waals surface area contributed by atoms with Crippen molar-refractivity contribution in [2.24, 2.45) is 0 Å². The molecule has 3 nitrogen and oxygen atoms in total. The molecule has 3 rings (SSSR count). The van der Waals surface area contributed by atoms with Crippen molar-refractivity contribution in [3.05, 3.63) is 40.4 Å². The quantitative estimate of drug-likeness (QED) is 0.817. The number of rotatable bonds is 7. The zero-order valence-electron chi connectivity index (χ0n) is 13.6. The number of hydrogen-bond acceptors (Lipinski definition) is 4. The number of hydrogen-bond donors (Lipinski definition) is 1. The Hall–Kier alpha value is -1.33. The Kier molecular flexibility index (Phi) is 5.38. The van der Waals surface area contributed by atoms with Gasteiger partial charge in [-0.05, 0) is 31.7 Å². The summed E-state index contributed by atoms with van der Waals surface area (Å²) < 4.78 is 0. The van der Waals surface area contributed by atoms with Gasteiger partial charge in [0.05, 0.1) is 11.4 Å². The Morgan fingerprint density at radius 1 is 1.35 bits per heavy atom. The molecule has 1 aliphatic carbocycles. The molecule has 0 aliphatic heterocycles. The first kappa shape index (κ1) is 16.5. The number of benzene rings is 1. The second-order valence-corrected chi connectivity index (χ2v) is 7.98. The second kappa shape index (κ2) is 7.49. The van der Waals surface area contributed by atoms with E-state index in [9.17, 15) is 4.79 Å². The van der Waals surface area contributed by atoms with Crippen molar-refractivity contribution in [2.45, 2.75) is 44.9 Å². The highest BCUT2D eigenvalue weighted by Crippen LogP contribution is 2.30. The highest BCUT2D eigenvalue weighted by atomic mass is 32.2. The van der Waals surface area contributed by atoms with Gasteiger partial charge < -0.3 is 5.32 Å². The number of thiazole rings is 1. The summed E-state index contributed by atoms with van der Waals surface area (Å²) in [5.41, 5.74) is 3.61. The molecule has 0 radical (unpaired) electrons. The fourth-order valence-electron chi connectivity index (χ4n) is 2.30. The van der Waals surface area contributed by atoms with E-state index in [-0.39, 0.29) is 5.91 Å². The van der Waals surface area contributed by atoms with Crippen LogP contribution in [0.15, 0.2) is 24.3 Å². The van der Waals surface area contributed by atoms with E-state index in [0.717, 1.165) is 35.7 Å². The lowest BCUT2D eigenvalue weighted by molar-refractivity contribution is -0.118. The molecule has 0 spiro atoms. The lowest BCUT2D eigenvalue weighted by Crippen LogP contribution is -2.27. The van der Waals surface area contributed by atoms with Gasteiger partial charge in [0.15, 0.2) is 0 Å². The number of thioether (sulfide) groups is 1. The second-order valence-electron chi connectivity index (χ2n) is 5.91. The van der Waals surface area contributed by atoms with Crippen molar-refractivity contribution in [1.29, 1.82) is 0 Å². The van der Waals surface area contributed by atoms with Gasteiger partial charge in [0.25, 0.3) is 0 Å². The van der Waals surface area contributed by atoms with Crippen LogP contribution in [0.2, 0.25) is 0 Å². The number of aryl methyl sites for hydroxylation is 2. The summed E-state index contributed by atoms with van der Waals surface area (Å²) in [5.74, 6) is 1.55. The molecule has 1 aliphatic rings. The maximum Gasteiger partial charge on any atom is 0.230 e. The maximum absolute atomic E-state index is 11.7. The standard InChI is InChI=1S/C18H22N2OS2/c1-3-13-4-6-14(7-5-13)18-19-12(2)16(23-18)10-22-11-17(21)20-15-8-9-15/h4-7,15H,3,8-11H2,1-2H3,(H,20,21). The summed E-state index contributed by atoms with van der Waals surface area (Å²) in [6, 6.07) is 9.09. The van der Waals surface area contributed by atoms with E-state index in [1.165, 1.54) is 16.0 Å². The lowest BCUT2D eigenvalue weighted by Gasteiger charge is -2.02. The van der Waals surface area contributed by atoms with E-state index >= 15 is 0 Å². The van der Waals surface area contributed by atoms with Crippen LogP contribution in [-0.2, 0) is 17.0 Å². The van der Waals surface area contributed by atoms with E-state index in [1.54, 1.807) is 23.1 Å². The summed E-state index contributed by atoms with van der Waals surface area (Å²) >= 11 is 3.41. The van der Waals surface area contributed by atoms with Crippen LogP contribution in [0, 0.1) is 6.92 Å². The van der Waals surface area contributed by atoms with Crippen LogP contribution in [0.5, 0.6) is 0 Å². The largest absolute Gasteiger partial charge is 0.353 e. The smallest absolute Gasteiger partial charge is 0.230 e. The average molecular weight is 347 g/mol. The minimum absolute atomic E-state index is 0.162. The molecule has 1 saturated carbocycles. The van der Waals surface area contributed by atoms with Crippen molar-refractivity contribution in [3.63, 3.8) is 0 Å². The Balaban J connectivity index is 1.57. The van der Waals surface area contributed by atoms with Crippen LogP contribution in [-0.4, -0.2) is 22.7 Å². The van der Waals surface area contributed by atoms with E-state index in [1.807, 2.05) is 0 Å². The number of amides is 1. The fourth-order valence-corrected chi connectivity index (χ4v) is 4.42. The molecule has 1 heterocycles. The van der Waals surface area contributed by atoms with Gasteiger partial charge in [0.1, 0.15) is 5.01 Å². The third-order valence-electron chi connectivity index (χ3n) is 3.91. The van der Waals surface area contributed by atoms with Crippen molar-refractivity contribution in [3.8, 4) is 10.6 Å². The van der Waals surface area contributed by atoms with Gasteiger partial charge in [0, 0.05) is 22.2 Å². The van der Waals surface area contributed by atoms with Crippen LogP contribution in [0.3, 0.4) is 0 Å². The zero-order chi connectivity index (χ0) is 16.2. The average Bonchev–Trinajstić information content (AvgIpc) is 3.29. The molecule has 1 aromatic heterocycles. The van der Waals surface area contributed by atoms with E-state index < -0.39 is 0 Å². The predicted molar refractivity (Wildman–Crippen MR) is 99.0 cm³/mol. The van der Waals surface area contributed by atoms with Crippen LogP contribution >= 0.6 is 23.1 Å². The summed E-state index contributed by atoms with van der Waals surface area (Å²) in [6.07, 6.45) is 3.34. The van der Waals surface area contributed by atoms with Crippen molar-refractivity contribution < 1.29 is 4.79 Å². The number of carbonyl (C=O) groups is 1. The Bertz CT molecular complexity index is 675. The highest BCUT2D eigenvalue weighted by Gasteiger charge is 2.23. The third-order valence-corrected chi connectivity index (χ3v) is 6.26. The molecule has 23 heavy (non-hydrogen) atoms. The summed E-state index contributed by atoms with van der Waals surface area (Å²) in [7, 11) is 0. The first-order valence-corrected chi connectivity index (χ1v) is 10.1. The Labute approximate surface area is 145 Å². The zero-order valence-corrected chi connectivity index (χ0v) is 15.2. The Morgan fingerprint density at radius 3 is 2.74 bits per heavy atom. The van der Waals surface area contributed by atoms with Crippen LogP contribution in [0.1, 0.15) is 35.9 Å². The molecule has 2 aromatic rings. The minimum Gasteiger partial charge on any atom is -0.353 e. The minimum atomic E-state index is 0.162. The number of nitrogens with zero attached hydrogens (tertiary/aromatic N) is 1. The molecular weight excluding hydrogens is 324 g/mol. The molecule has 1 aromatic carbocycles. The molecule has 5 heteroatoms. The van der Waals surface area contributed by atoms with Gasteiger partial charge >= 0.3 is 0 Å². The topological polar surface area (TPSA) is 42.0 Å². The molecule has 0 atom stereocenters. The number of carbonyl (C=O) groups excluding carboxylic acids is 1. The van der Waals surface area contributed by atoms with Crippen LogP contribution in [0.4, 0.5) is 0 Å². The first-order chi connectivity index (χ1) is 11.2. The van der Waals surface area contributed by atoms with Crippen LogP contribution < -0.4 is 5.32 Å². The SMILES string of the molecule is CCc1ccc(-c2nc(C)c(CSCC(=O)NC3CC3)s2)cc1. The maximum atomic E-state index is 11.7. The van der Waals surface area contributed by atoms with Crippen molar-refractivity contribution >= 4 is 29.0 Å². The normalized spacial score (nSPS) is 14.0. The van der Waals surface area contributed by atoms with Gasteiger partial charge in [-0.2, -0.15) is 0 Å². The summed E-state index contributed by atoms with van der Waals surface area (Å²) in [5, 5.41) is 4.10. The molecular formula is C18H22N2OS2. The molecule has 122 valence electrons. The third kappa shape index (κ3) is 4.58. The molecule has 1 fully saturated rings. The molecule has 1 amide bonds. The molecule has 0 unspecified atom stereocenters. The molecule has 0 saturated heterocycles. The highest BCUT2D eigenvalue weighted by molar-refractivity contribution is 7.99. The number of aromatic nitrogens is 1. The number of nitrogens with one attached hydrogen (secondary N) is 1. The van der Waals surface area contributed by atoms with E-state index in [4.69, 9.17) is 4.98 Å². The monoisotopic (exact) mass is 346 g/mol. The van der Waals surface area contributed by atoms with Gasteiger partial charge in [-0.1, -0.05) is 31.2 Å². The molecule has 0 bridgehead atoms. The van der Waals surface area contributed by atoms with E-state index in [0.29, 0.717) is 11.8 Å². The first-order valence-electron chi connectivity index (χ1n) is 8.08. The van der Waals surface area contributed by atoms with Crippen molar-refractivity contribution in [2.75, 3.05) is 5.75 Å². The lowest BCUT2D eigenvalue weighted by atomic mass is 10.1. The summed E-state index contributed by atoms with van der Waals surface area (Å²) in [6.45, 7) is 4.22.